The third-order valence-corrected chi connectivity index (χ3v) is 5.70. The lowest BCUT2D eigenvalue weighted by atomic mass is 10.1. The first-order valence-corrected chi connectivity index (χ1v) is 9.51. The molecule has 26 heavy (non-hydrogen) atoms. The van der Waals surface area contributed by atoms with E-state index in [2.05, 4.69) is 20.5 Å². The van der Waals surface area contributed by atoms with Crippen molar-refractivity contribution in [1.29, 1.82) is 0 Å². The molecule has 1 unspecified atom stereocenters. The van der Waals surface area contributed by atoms with Gasteiger partial charge in [-0.15, -0.1) is 5.10 Å². The summed E-state index contributed by atoms with van der Waals surface area (Å²) in [5, 5.41) is 10.9. The van der Waals surface area contributed by atoms with Crippen LogP contribution in [-0.4, -0.2) is 31.5 Å². The molecule has 6 nitrogen and oxygen atoms in total. The largest absolute Gasteiger partial charge is 0.352 e. The summed E-state index contributed by atoms with van der Waals surface area (Å²) in [6.45, 7) is 0. The monoisotopic (exact) mass is 363 g/mol. The molecular weight excluding hydrogens is 346 g/mol. The zero-order chi connectivity index (χ0) is 17.5. The molecule has 0 bridgehead atoms. The van der Waals surface area contributed by atoms with Crippen molar-refractivity contribution in [1.82, 2.24) is 24.9 Å². The summed E-state index contributed by atoms with van der Waals surface area (Å²) >= 11 is 1.44. The number of para-hydroxylation sites is 2. The normalized spacial score (nSPS) is 15.4. The number of imidazole rings is 1. The lowest BCUT2D eigenvalue weighted by Gasteiger charge is -2.15. The van der Waals surface area contributed by atoms with E-state index in [4.69, 9.17) is 0 Å². The molecular formula is C19H17N5OS. The molecule has 4 aromatic rings. The number of aromatic nitrogens is 4. The maximum atomic E-state index is 12.9. The number of H-pyrrole nitrogens is 1. The number of fused-ring (bicyclic) bond motifs is 3. The Labute approximate surface area is 154 Å². The smallest absolute Gasteiger partial charge is 0.238 e. The van der Waals surface area contributed by atoms with E-state index in [9.17, 15) is 4.79 Å². The second-order valence-corrected chi connectivity index (χ2v) is 7.53. The number of carbonyl (C=O) groups is 1. The van der Waals surface area contributed by atoms with E-state index in [0.717, 1.165) is 34.6 Å². The highest BCUT2D eigenvalue weighted by molar-refractivity contribution is 8.00. The summed E-state index contributed by atoms with van der Waals surface area (Å²) in [6, 6.07) is 18.1. The van der Waals surface area contributed by atoms with Gasteiger partial charge in [-0.1, -0.05) is 54.2 Å². The average molecular weight is 363 g/mol. The van der Waals surface area contributed by atoms with Crippen LogP contribution in [0.5, 0.6) is 0 Å². The Morgan fingerprint density at radius 3 is 2.73 bits per heavy atom. The van der Waals surface area contributed by atoms with Gasteiger partial charge in [0, 0.05) is 6.04 Å². The molecule has 2 aromatic carbocycles. The van der Waals surface area contributed by atoms with Crippen molar-refractivity contribution in [3.63, 3.8) is 0 Å². The van der Waals surface area contributed by atoms with Gasteiger partial charge in [0.1, 0.15) is 5.25 Å². The van der Waals surface area contributed by atoms with E-state index in [-0.39, 0.29) is 11.2 Å². The molecule has 0 radical (unpaired) electrons. The number of benzene rings is 2. The Bertz CT molecular complexity index is 1080. The van der Waals surface area contributed by atoms with Crippen molar-refractivity contribution < 1.29 is 4.79 Å². The molecule has 0 saturated heterocycles. The third-order valence-electron chi connectivity index (χ3n) is 4.49. The molecule has 1 saturated carbocycles. The predicted molar refractivity (Wildman–Crippen MR) is 101 cm³/mol. The number of nitrogens with zero attached hydrogens (tertiary/aromatic N) is 3. The highest BCUT2D eigenvalue weighted by Crippen LogP contribution is 2.36. The van der Waals surface area contributed by atoms with Crippen LogP contribution in [-0.2, 0) is 4.79 Å². The Hall–Kier alpha value is -2.80. The minimum atomic E-state index is -0.357. The average Bonchev–Trinajstić information content (AvgIpc) is 3.27. The number of amides is 1. The van der Waals surface area contributed by atoms with Gasteiger partial charge in [0.15, 0.2) is 5.16 Å². The van der Waals surface area contributed by atoms with Gasteiger partial charge < -0.3 is 5.32 Å². The molecule has 2 N–H and O–H groups in total. The van der Waals surface area contributed by atoms with Crippen molar-refractivity contribution in [2.45, 2.75) is 29.3 Å². The van der Waals surface area contributed by atoms with Crippen molar-refractivity contribution in [2.24, 2.45) is 0 Å². The van der Waals surface area contributed by atoms with E-state index in [1.807, 2.05) is 59.0 Å². The van der Waals surface area contributed by atoms with Crippen LogP contribution in [0.1, 0.15) is 23.7 Å². The fourth-order valence-electron chi connectivity index (χ4n) is 3.03. The summed E-state index contributed by atoms with van der Waals surface area (Å²) in [4.78, 5) is 17.4. The fraction of sp³-hybridized carbons (Fsp3) is 0.211. The van der Waals surface area contributed by atoms with Gasteiger partial charge >= 0.3 is 0 Å². The Morgan fingerprint density at radius 2 is 1.92 bits per heavy atom. The molecule has 2 aromatic heterocycles. The SMILES string of the molecule is O=C(NC1CC1)C(Sc1n[nH]c2nc3ccccc3n12)c1ccccc1. The standard InChI is InChI=1S/C19H17N5OS/c25-17(20-13-10-11-13)16(12-6-2-1-3-7-12)26-19-23-22-18-21-14-8-4-5-9-15(14)24(18)19/h1-9,13,16H,10-11H2,(H,20,25)(H,21,22). The van der Waals surface area contributed by atoms with Gasteiger partial charge in [-0.2, -0.15) is 0 Å². The summed E-state index contributed by atoms with van der Waals surface area (Å²) in [6.07, 6.45) is 2.13. The topological polar surface area (TPSA) is 75.1 Å². The fourth-order valence-corrected chi connectivity index (χ4v) is 4.10. The van der Waals surface area contributed by atoms with Gasteiger partial charge in [0.2, 0.25) is 11.7 Å². The maximum absolute atomic E-state index is 12.9. The Balaban J connectivity index is 1.55. The lowest BCUT2D eigenvalue weighted by Crippen LogP contribution is -2.29. The van der Waals surface area contributed by atoms with Crippen molar-refractivity contribution in [3.8, 4) is 0 Å². The first kappa shape index (κ1) is 15.5. The predicted octanol–water partition coefficient (Wildman–Crippen LogP) is 3.32. The van der Waals surface area contributed by atoms with Gasteiger partial charge in [-0.25, -0.2) is 10.1 Å². The van der Waals surface area contributed by atoms with Gasteiger partial charge in [-0.3, -0.25) is 9.20 Å². The van der Waals surface area contributed by atoms with Crippen LogP contribution in [0.2, 0.25) is 0 Å². The summed E-state index contributed by atoms with van der Waals surface area (Å²) in [5.74, 6) is 0.715. The quantitative estimate of drug-likeness (QED) is 0.534. The highest BCUT2D eigenvalue weighted by Gasteiger charge is 2.30. The summed E-state index contributed by atoms with van der Waals surface area (Å²) in [7, 11) is 0. The molecule has 7 heteroatoms. The number of hydrogen-bond donors (Lipinski definition) is 2. The number of thioether (sulfide) groups is 1. The lowest BCUT2D eigenvalue weighted by molar-refractivity contribution is -0.120. The first-order chi connectivity index (χ1) is 12.8. The molecule has 1 aliphatic carbocycles. The van der Waals surface area contributed by atoms with Crippen LogP contribution in [0.3, 0.4) is 0 Å². The van der Waals surface area contributed by atoms with Gasteiger partial charge in [0.25, 0.3) is 0 Å². The van der Waals surface area contributed by atoms with Crippen LogP contribution >= 0.6 is 11.8 Å². The van der Waals surface area contributed by atoms with Gasteiger partial charge in [-0.05, 0) is 30.5 Å². The van der Waals surface area contributed by atoms with Crippen LogP contribution < -0.4 is 5.32 Å². The number of rotatable bonds is 5. The van der Waals surface area contributed by atoms with Crippen LogP contribution in [0.4, 0.5) is 0 Å². The second kappa shape index (κ2) is 6.17. The van der Waals surface area contributed by atoms with Crippen LogP contribution in [0.25, 0.3) is 16.8 Å². The molecule has 5 rings (SSSR count). The molecule has 0 aliphatic heterocycles. The van der Waals surface area contributed by atoms with Crippen LogP contribution in [0.15, 0.2) is 59.8 Å². The van der Waals surface area contributed by atoms with E-state index < -0.39 is 0 Å². The number of carbonyl (C=O) groups excluding carboxylic acids is 1. The Morgan fingerprint density at radius 1 is 1.15 bits per heavy atom. The van der Waals surface area contributed by atoms with E-state index >= 15 is 0 Å². The Kier molecular flexibility index (Phi) is 3.67. The molecule has 130 valence electrons. The summed E-state index contributed by atoms with van der Waals surface area (Å²) < 4.78 is 1.97. The zero-order valence-electron chi connectivity index (χ0n) is 13.9. The van der Waals surface area contributed by atoms with E-state index in [1.54, 1.807) is 0 Å². The first-order valence-electron chi connectivity index (χ1n) is 8.63. The zero-order valence-corrected chi connectivity index (χ0v) is 14.7. The van der Waals surface area contributed by atoms with Crippen molar-refractivity contribution >= 4 is 34.5 Å². The van der Waals surface area contributed by atoms with Gasteiger partial charge in [0.05, 0.1) is 11.0 Å². The summed E-state index contributed by atoms with van der Waals surface area (Å²) in [5.41, 5.74) is 2.85. The molecule has 1 aliphatic rings. The minimum absolute atomic E-state index is 0.0317. The molecule has 1 atom stereocenters. The number of aromatic amines is 1. The molecule has 1 fully saturated rings. The van der Waals surface area contributed by atoms with E-state index in [1.165, 1.54) is 11.8 Å². The molecule has 2 heterocycles. The molecule has 0 spiro atoms. The maximum Gasteiger partial charge on any atom is 0.238 e. The highest BCUT2D eigenvalue weighted by atomic mass is 32.2. The van der Waals surface area contributed by atoms with E-state index in [0.29, 0.717) is 11.8 Å². The minimum Gasteiger partial charge on any atom is -0.352 e. The number of nitrogens with one attached hydrogen (secondary N) is 2. The van der Waals surface area contributed by atoms with Crippen molar-refractivity contribution in [3.05, 3.63) is 60.2 Å². The van der Waals surface area contributed by atoms with Crippen LogP contribution in [0, 0.1) is 0 Å². The van der Waals surface area contributed by atoms with Crippen molar-refractivity contribution in [2.75, 3.05) is 0 Å². The molecule has 1 amide bonds. The second-order valence-electron chi connectivity index (χ2n) is 6.46. The number of hydrogen-bond acceptors (Lipinski definition) is 4. The third kappa shape index (κ3) is 2.74.